The van der Waals surface area contributed by atoms with Gasteiger partial charge in [0.05, 0.1) is 0 Å². The number of halogens is 2. The summed E-state index contributed by atoms with van der Waals surface area (Å²) in [5.41, 5.74) is 0.728. The van der Waals surface area contributed by atoms with Gasteiger partial charge in [0, 0.05) is 0 Å². The van der Waals surface area contributed by atoms with Gasteiger partial charge < -0.3 is 0 Å². The van der Waals surface area contributed by atoms with Crippen molar-refractivity contribution < 1.29 is 8.78 Å². The minimum Gasteiger partial charge on any atom is -0.204 e. The molecule has 0 unspecified atom stereocenters. The molecule has 0 heterocycles. The molecule has 59 valence electrons. The van der Waals surface area contributed by atoms with E-state index in [1.807, 2.05) is 13.3 Å². The van der Waals surface area contributed by atoms with Crippen LogP contribution in [-0.4, -0.2) is 0 Å². The van der Waals surface area contributed by atoms with E-state index in [1.54, 1.807) is 6.07 Å². The van der Waals surface area contributed by atoms with Gasteiger partial charge in [-0.25, -0.2) is 8.78 Å². The zero-order chi connectivity index (χ0) is 8.27. The Morgan fingerprint density at radius 3 is 2.55 bits per heavy atom. The van der Waals surface area contributed by atoms with Crippen LogP contribution in [0.15, 0.2) is 18.2 Å². The average Bonchev–Trinajstić information content (AvgIpc) is 1.98. The molecule has 2 heteroatoms. The molecule has 11 heavy (non-hydrogen) atoms. The molecular formula is C9H9F2. The summed E-state index contributed by atoms with van der Waals surface area (Å²) < 4.78 is 24.9. The van der Waals surface area contributed by atoms with Gasteiger partial charge >= 0.3 is 0 Å². The summed E-state index contributed by atoms with van der Waals surface area (Å²) in [5, 5.41) is 0. The third kappa shape index (κ3) is 2.00. The molecule has 0 aliphatic carbocycles. The molecule has 0 saturated heterocycles. The summed E-state index contributed by atoms with van der Waals surface area (Å²) in [6, 6.07) is 3.89. The Kier molecular flexibility index (Phi) is 2.58. The molecule has 0 saturated carbocycles. The molecule has 0 spiro atoms. The van der Waals surface area contributed by atoms with Crippen molar-refractivity contribution in [3.05, 3.63) is 41.8 Å². The van der Waals surface area contributed by atoms with Crippen LogP contribution in [0.5, 0.6) is 0 Å². The summed E-state index contributed by atoms with van der Waals surface area (Å²) >= 11 is 0. The second-order valence-electron chi connectivity index (χ2n) is 2.29. The predicted molar refractivity (Wildman–Crippen MR) is 40.1 cm³/mol. The van der Waals surface area contributed by atoms with E-state index in [4.69, 9.17) is 0 Å². The van der Waals surface area contributed by atoms with Crippen LogP contribution < -0.4 is 0 Å². The molecule has 0 aromatic heterocycles. The Labute approximate surface area is 64.9 Å². The maximum absolute atomic E-state index is 12.5. The lowest BCUT2D eigenvalue weighted by molar-refractivity contribution is 0.508. The van der Waals surface area contributed by atoms with Crippen molar-refractivity contribution in [2.45, 2.75) is 13.3 Å². The molecule has 1 radical (unpaired) electrons. The Morgan fingerprint density at radius 2 is 2.00 bits per heavy atom. The lowest BCUT2D eigenvalue weighted by Crippen LogP contribution is -1.86. The Bertz CT molecular complexity index is 243. The molecule has 0 aliphatic heterocycles. The zero-order valence-electron chi connectivity index (χ0n) is 6.27. The lowest BCUT2D eigenvalue weighted by Gasteiger charge is -1.97. The fourth-order valence-corrected chi connectivity index (χ4v) is 0.875. The summed E-state index contributed by atoms with van der Waals surface area (Å²) in [6.45, 7) is 1.95. The second-order valence-corrected chi connectivity index (χ2v) is 2.29. The Morgan fingerprint density at radius 1 is 1.27 bits per heavy atom. The van der Waals surface area contributed by atoms with Crippen molar-refractivity contribution in [2.75, 3.05) is 0 Å². The molecule has 0 aliphatic rings. The van der Waals surface area contributed by atoms with Crippen LogP contribution in [0.1, 0.15) is 18.9 Å². The topological polar surface area (TPSA) is 0 Å². The smallest absolute Gasteiger partial charge is 0.159 e. The fourth-order valence-electron chi connectivity index (χ4n) is 0.875. The van der Waals surface area contributed by atoms with E-state index in [0.717, 1.165) is 18.1 Å². The van der Waals surface area contributed by atoms with Crippen molar-refractivity contribution >= 4 is 0 Å². The highest BCUT2D eigenvalue weighted by atomic mass is 19.2. The average molecular weight is 155 g/mol. The van der Waals surface area contributed by atoms with Gasteiger partial charge in [0.15, 0.2) is 11.6 Å². The predicted octanol–water partition coefficient (Wildman–Crippen LogP) is 2.93. The van der Waals surface area contributed by atoms with E-state index in [9.17, 15) is 8.78 Å². The fraction of sp³-hybridized carbons (Fsp3) is 0.222. The van der Waals surface area contributed by atoms with Crippen LogP contribution in [0, 0.1) is 18.1 Å². The number of benzene rings is 1. The van der Waals surface area contributed by atoms with Crippen molar-refractivity contribution in [2.24, 2.45) is 0 Å². The van der Waals surface area contributed by atoms with Gasteiger partial charge in [-0.3, -0.25) is 0 Å². The van der Waals surface area contributed by atoms with E-state index in [2.05, 4.69) is 0 Å². The first-order valence-electron chi connectivity index (χ1n) is 3.52. The SMILES string of the molecule is CC[CH]c1ccc(F)c(F)c1. The van der Waals surface area contributed by atoms with Gasteiger partial charge in [-0.2, -0.15) is 0 Å². The Hall–Kier alpha value is -0.920. The number of rotatable bonds is 2. The summed E-state index contributed by atoms with van der Waals surface area (Å²) in [4.78, 5) is 0. The van der Waals surface area contributed by atoms with E-state index in [0.29, 0.717) is 0 Å². The summed E-state index contributed by atoms with van der Waals surface area (Å²) in [7, 11) is 0. The van der Waals surface area contributed by atoms with Crippen molar-refractivity contribution in [3.8, 4) is 0 Å². The van der Waals surface area contributed by atoms with Crippen molar-refractivity contribution in [1.82, 2.24) is 0 Å². The van der Waals surface area contributed by atoms with Crippen molar-refractivity contribution in [3.63, 3.8) is 0 Å². The monoisotopic (exact) mass is 155 g/mol. The first kappa shape index (κ1) is 8.18. The molecular weight excluding hydrogens is 146 g/mol. The molecule has 1 rings (SSSR count). The summed E-state index contributed by atoms with van der Waals surface area (Å²) in [5.74, 6) is -1.58. The highest BCUT2D eigenvalue weighted by molar-refractivity contribution is 5.23. The zero-order valence-corrected chi connectivity index (χ0v) is 6.27. The van der Waals surface area contributed by atoms with Crippen LogP contribution in [0.2, 0.25) is 0 Å². The standard InChI is InChI=1S/C9H9F2/c1-2-3-7-4-5-8(10)9(11)6-7/h3-6H,2H2,1H3. The van der Waals surface area contributed by atoms with Crippen LogP contribution in [0.25, 0.3) is 0 Å². The molecule has 1 aromatic rings. The van der Waals surface area contributed by atoms with E-state index < -0.39 is 11.6 Å². The van der Waals surface area contributed by atoms with Gasteiger partial charge in [-0.05, 0) is 30.5 Å². The molecule has 0 amide bonds. The van der Waals surface area contributed by atoms with Gasteiger partial charge in [0.25, 0.3) is 0 Å². The first-order valence-corrected chi connectivity index (χ1v) is 3.52. The van der Waals surface area contributed by atoms with Crippen LogP contribution in [0.3, 0.4) is 0 Å². The van der Waals surface area contributed by atoms with Gasteiger partial charge in [-0.15, -0.1) is 0 Å². The summed E-state index contributed by atoms with van der Waals surface area (Å²) in [6.07, 6.45) is 2.66. The maximum Gasteiger partial charge on any atom is 0.159 e. The van der Waals surface area contributed by atoms with Crippen LogP contribution >= 0.6 is 0 Å². The van der Waals surface area contributed by atoms with Crippen LogP contribution in [0.4, 0.5) is 8.78 Å². The highest BCUT2D eigenvalue weighted by Crippen LogP contribution is 2.10. The third-order valence-electron chi connectivity index (χ3n) is 1.38. The minimum atomic E-state index is -0.793. The molecule has 0 N–H and O–H groups in total. The van der Waals surface area contributed by atoms with Gasteiger partial charge in [-0.1, -0.05) is 13.0 Å². The van der Waals surface area contributed by atoms with Crippen LogP contribution in [-0.2, 0) is 0 Å². The van der Waals surface area contributed by atoms with E-state index >= 15 is 0 Å². The molecule has 0 fully saturated rings. The molecule has 1 aromatic carbocycles. The largest absolute Gasteiger partial charge is 0.204 e. The lowest BCUT2D eigenvalue weighted by atomic mass is 10.1. The van der Waals surface area contributed by atoms with Gasteiger partial charge in [0.1, 0.15) is 0 Å². The van der Waals surface area contributed by atoms with E-state index in [1.165, 1.54) is 6.07 Å². The van der Waals surface area contributed by atoms with Crippen molar-refractivity contribution in [1.29, 1.82) is 0 Å². The van der Waals surface area contributed by atoms with E-state index in [-0.39, 0.29) is 0 Å². The maximum atomic E-state index is 12.5. The third-order valence-corrected chi connectivity index (χ3v) is 1.38. The quantitative estimate of drug-likeness (QED) is 0.616. The molecule has 0 nitrogen and oxygen atoms in total. The van der Waals surface area contributed by atoms with Gasteiger partial charge in [0.2, 0.25) is 0 Å². The normalized spacial score (nSPS) is 10.1. The first-order chi connectivity index (χ1) is 5.24. The minimum absolute atomic E-state index is 0.728. The highest BCUT2D eigenvalue weighted by Gasteiger charge is 2.00. The molecule has 0 bridgehead atoms. The number of hydrogen-bond donors (Lipinski definition) is 0. The second kappa shape index (κ2) is 3.46. The number of hydrogen-bond acceptors (Lipinski definition) is 0. The Balaban J connectivity index is 2.86. The molecule has 0 atom stereocenters.